The molecule has 0 radical (unpaired) electrons. The molecule has 32 heavy (non-hydrogen) atoms. The maximum atomic E-state index is 12.0. The van der Waals surface area contributed by atoms with Gasteiger partial charge in [0.1, 0.15) is 0 Å². The van der Waals surface area contributed by atoms with Crippen LogP contribution in [0.2, 0.25) is 0 Å². The van der Waals surface area contributed by atoms with Crippen molar-refractivity contribution < 1.29 is 9.59 Å². The molecule has 8 nitrogen and oxygen atoms in total. The van der Waals surface area contributed by atoms with E-state index in [0.717, 1.165) is 36.8 Å². The Bertz CT molecular complexity index is 750. The first-order valence-electron chi connectivity index (χ1n) is 11.3. The zero-order chi connectivity index (χ0) is 22.4. The van der Waals surface area contributed by atoms with Crippen LogP contribution in [0.25, 0.3) is 0 Å². The summed E-state index contributed by atoms with van der Waals surface area (Å²) in [7, 11) is 0. The maximum absolute atomic E-state index is 12.0. The summed E-state index contributed by atoms with van der Waals surface area (Å²) in [5.41, 5.74) is 13.4. The van der Waals surface area contributed by atoms with E-state index in [2.05, 4.69) is 32.3 Å². The highest BCUT2D eigenvalue weighted by Gasteiger charge is 2.22. The van der Waals surface area contributed by atoms with Gasteiger partial charge in [-0.3, -0.25) is 10.9 Å². The molecule has 4 amide bonds. The highest BCUT2D eigenvalue weighted by Crippen LogP contribution is 2.28. The first kappa shape index (κ1) is 23.6. The fourth-order valence-electron chi connectivity index (χ4n) is 3.98. The highest BCUT2D eigenvalue weighted by molar-refractivity contribution is 5.73. The number of carbonyl (C=O) groups excluding carboxylic acids is 2. The molecule has 0 heterocycles. The summed E-state index contributed by atoms with van der Waals surface area (Å²) in [5, 5.41) is 5.89. The van der Waals surface area contributed by atoms with Gasteiger partial charge in [0.15, 0.2) is 0 Å². The minimum absolute atomic E-state index is 0.218. The zero-order valence-corrected chi connectivity index (χ0v) is 18.4. The molecule has 0 aliphatic heterocycles. The Morgan fingerprint density at radius 1 is 0.688 bits per heavy atom. The van der Waals surface area contributed by atoms with Crippen LogP contribution in [-0.2, 0) is 13.1 Å². The predicted octanol–water partition coefficient (Wildman–Crippen LogP) is 2.80. The summed E-state index contributed by atoms with van der Waals surface area (Å²) in [4.78, 5) is 24.0. The molecule has 3 rings (SSSR count). The Kier molecular flexibility index (Phi) is 9.82. The number of carbonyl (C=O) groups is 2. The summed E-state index contributed by atoms with van der Waals surface area (Å²) < 4.78 is 0. The van der Waals surface area contributed by atoms with E-state index in [1.807, 2.05) is 60.7 Å². The lowest BCUT2D eigenvalue weighted by molar-refractivity contribution is 0.218. The first-order valence-corrected chi connectivity index (χ1v) is 11.3. The number of nitrogens with one attached hydrogen (secondary N) is 6. The van der Waals surface area contributed by atoms with E-state index < -0.39 is 0 Å². The van der Waals surface area contributed by atoms with Crippen molar-refractivity contribution in [3.8, 4) is 0 Å². The number of hydrazine groups is 2. The normalized spacial score (nSPS) is 17.9. The largest absolute Gasteiger partial charge is 0.337 e. The second kappa shape index (κ2) is 13.3. The van der Waals surface area contributed by atoms with Crippen molar-refractivity contribution in [1.29, 1.82) is 0 Å². The van der Waals surface area contributed by atoms with Crippen LogP contribution in [0, 0.1) is 11.8 Å². The Morgan fingerprint density at radius 3 is 1.56 bits per heavy atom. The van der Waals surface area contributed by atoms with E-state index in [9.17, 15) is 9.59 Å². The lowest BCUT2D eigenvalue weighted by atomic mass is 9.81. The molecular formula is C24H34N6O2. The van der Waals surface area contributed by atoms with Crippen molar-refractivity contribution in [2.75, 3.05) is 13.1 Å². The van der Waals surface area contributed by atoms with Gasteiger partial charge in [-0.05, 0) is 42.2 Å². The molecule has 6 N–H and O–H groups in total. The van der Waals surface area contributed by atoms with E-state index in [1.54, 1.807) is 0 Å². The summed E-state index contributed by atoms with van der Waals surface area (Å²) >= 11 is 0. The van der Waals surface area contributed by atoms with Gasteiger partial charge in [-0.2, -0.15) is 0 Å². The number of urea groups is 2. The van der Waals surface area contributed by atoms with E-state index in [0.29, 0.717) is 38.0 Å². The molecule has 1 aliphatic rings. The van der Waals surface area contributed by atoms with Crippen molar-refractivity contribution in [1.82, 2.24) is 32.3 Å². The lowest BCUT2D eigenvalue weighted by Gasteiger charge is -2.29. The van der Waals surface area contributed by atoms with Gasteiger partial charge in [0.2, 0.25) is 0 Å². The van der Waals surface area contributed by atoms with Crippen LogP contribution in [0.3, 0.4) is 0 Å². The van der Waals surface area contributed by atoms with Crippen molar-refractivity contribution in [3.05, 3.63) is 71.8 Å². The Labute approximate surface area is 189 Å². The zero-order valence-electron chi connectivity index (χ0n) is 18.4. The van der Waals surface area contributed by atoms with Crippen LogP contribution >= 0.6 is 0 Å². The second-order valence-corrected chi connectivity index (χ2v) is 8.25. The standard InChI is InChI=1S/C24H34N6O2/c31-23(29-27-17-19-8-3-1-4-9-19)25-15-21-12-7-13-22(14-21)16-26-24(32)30-28-18-20-10-5-2-6-11-20/h1-6,8-11,21-22,27-28H,7,12-18H2,(H2,25,29,31)(H2,26,30,32). The van der Waals surface area contributed by atoms with Crippen LogP contribution in [0.5, 0.6) is 0 Å². The van der Waals surface area contributed by atoms with Gasteiger partial charge in [0.25, 0.3) is 0 Å². The number of amides is 4. The summed E-state index contributed by atoms with van der Waals surface area (Å²) in [6.07, 6.45) is 4.30. The Hall–Kier alpha value is -3.10. The fraction of sp³-hybridized carbons (Fsp3) is 0.417. The van der Waals surface area contributed by atoms with Crippen LogP contribution in [0.1, 0.15) is 36.8 Å². The third kappa shape index (κ3) is 8.95. The van der Waals surface area contributed by atoms with Crippen LogP contribution in [-0.4, -0.2) is 25.2 Å². The Balaban J connectivity index is 1.25. The SMILES string of the molecule is O=C(NCC1CCCC(CNC(=O)NNCc2ccccc2)C1)NNCc1ccccc1. The van der Waals surface area contributed by atoms with E-state index in [-0.39, 0.29) is 12.1 Å². The molecule has 0 bridgehead atoms. The van der Waals surface area contributed by atoms with Crippen LogP contribution in [0.4, 0.5) is 9.59 Å². The number of hydrogen-bond acceptors (Lipinski definition) is 4. The quantitative estimate of drug-likeness (QED) is 0.321. The molecule has 2 aromatic carbocycles. The molecule has 1 fully saturated rings. The van der Waals surface area contributed by atoms with Gasteiger partial charge in [-0.15, -0.1) is 0 Å². The fourth-order valence-corrected chi connectivity index (χ4v) is 3.98. The molecule has 8 heteroatoms. The average Bonchev–Trinajstić information content (AvgIpc) is 2.83. The molecular weight excluding hydrogens is 404 g/mol. The van der Waals surface area contributed by atoms with E-state index in [1.165, 1.54) is 0 Å². The topological polar surface area (TPSA) is 106 Å². The average molecular weight is 439 g/mol. The monoisotopic (exact) mass is 438 g/mol. The molecule has 0 saturated heterocycles. The molecule has 2 aromatic rings. The molecule has 0 spiro atoms. The third-order valence-electron chi connectivity index (χ3n) is 5.67. The number of hydrogen-bond donors (Lipinski definition) is 6. The smallest absolute Gasteiger partial charge is 0.329 e. The van der Waals surface area contributed by atoms with Gasteiger partial charge in [-0.1, -0.05) is 67.1 Å². The summed E-state index contributed by atoms with van der Waals surface area (Å²) in [6.45, 7) is 2.43. The molecule has 172 valence electrons. The molecule has 2 atom stereocenters. The van der Waals surface area contributed by atoms with Gasteiger partial charge < -0.3 is 10.6 Å². The molecule has 1 saturated carbocycles. The van der Waals surface area contributed by atoms with Gasteiger partial charge in [0.05, 0.1) is 0 Å². The van der Waals surface area contributed by atoms with Crippen molar-refractivity contribution >= 4 is 12.1 Å². The van der Waals surface area contributed by atoms with Crippen molar-refractivity contribution in [2.45, 2.75) is 38.8 Å². The Morgan fingerprint density at radius 2 is 1.12 bits per heavy atom. The lowest BCUT2D eigenvalue weighted by Crippen LogP contribution is -2.46. The van der Waals surface area contributed by atoms with Crippen LogP contribution in [0.15, 0.2) is 60.7 Å². The highest BCUT2D eigenvalue weighted by atomic mass is 16.2. The van der Waals surface area contributed by atoms with Crippen LogP contribution < -0.4 is 32.3 Å². The van der Waals surface area contributed by atoms with E-state index >= 15 is 0 Å². The van der Waals surface area contributed by atoms with Gasteiger partial charge >= 0.3 is 12.1 Å². The van der Waals surface area contributed by atoms with Crippen molar-refractivity contribution in [2.24, 2.45) is 11.8 Å². The van der Waals surface area contributed by atoms with Gasteiger partial charge in [-0.25, -0.2) is 20.4 Å². The minimum atomic E-state index is -0.218. The summed E-state index contributed by atoms with van der Waals surface area (Å²) in [5.74, 6) is 0.851. The number of rotatable bonds is 10. The first-order chi connectivity index (χ1) is 15.7. The molecule has 1 aliphatic carbocycles. The molecule has 2 unspecified atom stereocenters. The number of benzene rings is 2. The summed E-state index contributed by atoms with van der Waals surface area (Å²) in [6, 6.07) is 19.4. The van der Waals surface area contributed by atoms with Crippen molar-refractivity contribution in [3.63, 3.8) is 0 Å². The molecule has 0 aromatic heterocycles. The second-order valence-electron chi connectivity index (χ2n) is 8.25. The minimum Gasteiger partial charge on any atom is -0.337 e. The van der Waals surface area contributed by atoms with Gasteiger partial charge in [0, 0.05) is 26.2 Å². The predicted molar refractivity (Wildman–Crippen MR) is 125 cm³/mol. The third-order valence-corrected chi connectivity index (χ3v) is 5.67. The van der Waals surface area contributed by atoms with E-state index in [4.69, 9.17) is 0 Å². The maximum Gasteiger partial charge on any atom is 0.329 e.